The van der Waals surface area contributed by atoms with Crippen molar-refractivity contribution in [3.8, 4) is 0 Å². The number of thiazole rings is 1. The number of rotatable bonds is 12. The summed E-state index contributed by atoms with van der Waals surface area (Å²) in [5.41, 5.74) is 2.44. The molecule has 198 valence electrons. The number of Topliss-reactive ketones (excluding diaryl/α,β-unsaturated/α-hetero) is 1. The summed E-state index contributed by atoms with van der Waals surface area (Å²) in [5, 5.41) is 16.8. The van der Waals surface area contributed by atoms with Crippen LogP contribution < -0.4 is 10.4 Å². The zero-order valence-corrected chi connectivity index (χ0v) is 23.1. The topological polar surface area (TPSA) is 82.1 Å². The van der Waals surface area contributed by atoms with Crippen molar-refractivity contribution in [2.45, 2.75) is 77.7 Å². The minimum Gasteiger partial charge on any atom is -0.550 e. The minimum absolute atomic E-state index is 0.0513. The first-order valence-electron chi connectivity index (χ1n) is 13.1. The van der Waals surface area contributed by atoms with E-state index in [4.69, 9.17) is 0 Å². The lowest BCUT2D eigenvalue weighted by molar-refractivity contribution is -0.304. The van der Waals surface area contributed by atoms with Crippen LogP contribution >= 0.6 is 22.7 Å². The Morgan fingerprint density at radius 2 is 1.95 bits per heavy atom. The molecule has 4 rings (SSSR count). The van der Waals surface area contributed by atoms with E-state index >= 15 is 0 Å². The Bertz CT molecular complexity index is 1220. The van der Waals surface area contributed by atoms with Crippen molar-refractivity contribution >= 4 is 40.1 Å². The molecule has 1 aliphatic carbocycles. The van der Waals surface area contributed by atoms with Crippen LogP contribution in [0.3, 0.4) is 0 Å². The van der Waals surface area contributed by atoms with E-state index in [0.29, 0.717) is 17.1 Å². The highest BCUT2D eigenvalue weighted by atomic mass is 32.1. The molecule has 8 heteroatoms. The van der Waals surface area contributed by atoms with Gasteiger partial charge in [0.2, 0.25) is 0 Å². The Morgan fingerprint density at radius 1 is 1.16 bits per heavy atom. The van der Waals surface area contributed by atoms with Crippen LogP contribution in [0.1, 0.15) is 89.1 Å². The molecule has 2 heterocycles. The fraction of sp³-hybridized carbons (Fsp3) is 0.483. The van der Waals surface area contributed by atoms with Gasteiger partial charge < -0.3 is 15.2 Å². The van der Waals surface area contributed by atoms with E-state index in [0.717, 1.165) is 39.9 Å². The average molecular weight is 542 g/mol. The maximum Gasteiger partial charge on any atom is 0.176 e. The molecule has 1 saturated carbocycles. The van der Waals surface area contributed by atoms with Crippen LogP contribution in [0.4, 0.5) is 10.1 Å². The van der Waals surface area contributed by atoms with E-state index in [1.54, 1.807) is 11.4 Å². The molecule has 2 aromatic heterocycles. The fourth-order valence-corrected chi connectivity index (χ4v) is 6.96. The van der Waals surface area contributed by atoms with Crippen molar-refractivity contribution in [1.82, 2.24) is 4.98 Å². The van der Waals surface area contributed by atoms with Crippen molar-refractivity contribution in [3.63, 3.8) is 0 Å². The third-order valence-corrected chi connectivity index (χ3v) is 9.61. The first-order chi connectivity index (χ1) is 17.8. The number of aromatic nitrogens is 1. The standard InChI is InChI=1S/C29H35FN2O3S2/c1-18(19(2)29-32-23(17-36-29)15-27(33)34)28(35)26-13-11-24(37-26)16-31-25-12-10-22(30)14-21(25)9-8-20-6-4-3-5-7-20/h10-14,17-20,31H,3-9,15-16H2,1-2H3,(H,33,34)/p-1/t18-,19+/m1/s1. The number of halogens is 1. The second kappa shape index (κ2) is 12.8. The largest absolute Gasteiger partial charge is 0.550 e. The first kappa shape index (κ1) is 27.5. The van der Waals surface area contributed by atoms with Crippen molar-refractivity contribution < 1.29 is 19.1 Å². The molecule has 3 aromatic rings. The van der Waals surface area contributed by atoms with E-state index in [1.807, 2.05) is 32.0 Å². The molecule has 5 nitrogen and oxygen atoms in total. The summed E-state index contributed by atoms with van der Waals surface area (Å²) in [6.07, 6.45) is 8.27. The van der Waals surface area contributed by atoms with Gasteiger partial charge in [-0.25, -0.2) is 9.37 Å². The number of hydrogen-bond acceptors (Lipinski definition) is 7. The van der Waals surface area contributed by atoms with Gasteiger partial charge in [-0.05, 0) is 54.7 Å². The van der Waals surface area contributed by atoms with Gasteiger partial charge in [0.15, 0.2) is 5.78 Å². The SMILES string of the molecule is C[C@H](c1nc(CC(=O)[O-])cs1)[C@@H](C)C(=O)c1ccc(CNc2ccc(F)cc2CCC2CCCCC2)s1. The van der Waals surface area contributed by atoms with Gasteiger partial charge in [-0.1, -0.05) is 46.0 Å². The molecular formula is C29H34FN2O3S2-. The summed E-state index contributed by atoms with van der Waals surface area (Å²) in [6, 6.07) is 8.79. The Morgan fingerprint density at radius 3 is 2.70 bits per heavy atom. The van der Waals surface area contributed by atoms with E-state index in [2.05, 4.69) is 10.3 Å². The second-order valence-electron chi connectivity index (χ2n) is 10.1. The highest BCUT2D eigenvalue weighted by Gasteiger charge is 2.26. The lowest BCUT2D eigenvalue weighted by atomic mass is 9.85. The number of carboxylic acids is 1. The predicted molar refractivity (Wildman–Crippen MR) is 146 cm³/mol. The van der Waals surface area contributed by atoms with E-state index in [9.17, 15) is 19.1 Å². The molecule has 0 aliphatic heterocycles. The number of ketones is 1. The summed E-state index contributed by atoms with van der Waals surface area (Å²) < 4.78 is 14.0. The zero-order valence-electron chi connectivity index (χ0n) is 21.4. The van der Waals surface area contributed by atoms with Gasteiger partial charge >= 0.3 is 0 Å². The van der Waals surface area contributed by atoms with Crippen LogP contribution in [0.5, 0.6) is 0 Å². The highest BCUT2D eigenvalue weighted by molar-refractivity contribution is 7.14. The molecule has 1 aromatic carbocycles. The van der Waals surface area contributed by atoms with Gasteiger partial charge in [-0.2, -0.15) is 0 Å². The number of carbonyl (C=O) groups excluding carboxylic acids is 2. The van der Waals surface area contributed by atoms with Gasteiger partial charge in [-0.3, -0.25) is 4.79 Å². The lowest BCUT2D eigenvalue weighted by Gasteiger charge is -2.22. The molecule has 1 N–H and O–H groups in total. The van der Waals surface area contributed by atoms with Crippen LogP contribution in [-0.2, 0) is 24.2 Å². The Kier molecular flexibility index (Phi) is 9.49. The number of anilines is 1. The van der Waals surface area contributed by atoms with Gasteiger partial charge in [0.05, 0.1) is 15.6 Å². The monoisotopic (exact) mass is 541 g/mol. The Hall–Kier alpha value is -2.58. The molecule has 0 saturated heterocycles. The number of nitrogens with one attached hydrogen (secondary N) is 1. The third-order valence-electron chi connectivity index (χ3n) is 7.42. The van der Waals surface area contributed by atoms with E-state index in [1.165, 1.54) is 60.8 Å². The normalized spacial score (nSPS) is 15.9. The number of thiophene rings is 1. The molecule has 1 fully saturated rings. The van der Waals surface area contributed by atoms with Crippen LogP contribution in [0, 0.1) is 17.7 Å². The summed E-state index contributed by atoms with van der Waals surface area (Å²) in [5.74, 6) is -0.984. The number of aliphatic carboxylic acids is 1. The van der Waals surface area contributed by atoms with Gasteiger partial charge in [0.25, 0.3) is 0 Å². The molecule has 0 spiro atoms. The molecule has 0 amide bonds. The first-order valence-corrected chi connectivity index (χ1v) is 14.8. The molecule has 0 bridgehead atoms. The Balaban J connectivity index is 1.35. The second-order valence-corrected chi connectivity index (χ2v) is 12.2. The molecule has 2 atom stereocenters. The lowest BCUT2D eigenvalue weighted by Crippen LogP contribution is -2.24. The molecule has 37 heavy (non-hydrogen) atoms. The van der Waals surface area contributed by atoms with Crippen molar-refractivity contribution in [3.05, 3.63) is 67.5 Å². The summed E-state index contributed by atoms with van der Waals surface area (Å²) in [7, 11) is 0. The fourth-order valence-electron chi connectivity index (χ4n) is 4.99. The average Bonchev–Trinajstić information content (AvgIpc) is 3.56. The number of benzene rings is 1. The number of nitrogens with zero attached hydrogens (tertiary/aromatic N) is 1. The number of carbonyl (C=O) groups is 2. The van der Waals surface area contributed by atoms with Crippen LogP contribution in [0.25, 0.3) is 0 Å². The van der Waals surface area contributed by atoms with Gasteiger partial charge in [0.1, 0.15) is 5.82 Å². The molecule has 0 unspecified atom stereocenters. The number of hydrogen-bond donors (Lipinski definition) is 1. The predicted octanol–water partition coefficient (Wildman–Crippen LogP) is 6.38. The van der Waals surface area contributed by atoms with E-state index in [-0.39, 0.29) is 29.9 Å². The van der Waals surface area contributed by atoms with Crippen molar-refractivity contribution in [2.24, 2.45) is 11.8 Å². The molecule has 1 aliphatic rings. The molecule has 0 radical (unpaired) electrons. The van der Waals surface area contributed by atoms with Gasteiger partial charge in [0, 0.05) is 46.7 Å². The quantitative estimate of drug-likeness (QED) is 0.269. The summed E-state index contributed by atoms with van der Waals surface area (Å²) in [6.45, 7) is 4.41. The van der Waals surface area contributed by atoms with Crippen LogP contribution in [0.2, 0.25) is 0 Å². The maximum absolute atomic E-state index is 14.0. The van der Waals surface area contributed by atoms with Crippen LogP contribution in [-0.4, -0.2) is 16.7 Å². The smallest absolute Gasteiger partial charge is 0.176 e. The van der Waals surface area contributed by atoms with Crippen LogP contribution in [0.15, 0.2) is 35.7 Å². The van der Waals surface area contributed by atoms with Crippen molar-refractivity contribution in [2.75, 3.05) is 5.32 Å². The number of carboxylic acid groups (broad SMARTS) is 1. The summed E-state index contributed by atoms with van der Waals surface area (Å²) in [4.78, 5) is 30.1. The Labute approximate surface area is 226 Å². The highest BCUT2D eigenvalue weighted by Crippen LogP contribution is 2.32. The molecular weight excluding hydrogens is 507 g/mol. The number of aryl methyl sites for hydroxylation is 1. The summed E-state index contributed by atoms with van der Waals surface area (Å²) >= 11 is 2.85. The van der Waals surface area contributed by atoms with Gasteiger partial charge in [-0.15, -0.1) is 22.7 Å². The maximum atomic E-state index is 14.0. The van der Waals surface area contributed by atoms with Crippen molar-refractivity contribution in [1.29, 1.82) is 0 Å². The third kappa shape index (κ3) is 7.48. The zero-order chi connectivity index (χ0) is 26.4. The minimum atomic E-state index is -1.16. The van der Waals surface area contributed by atoms with E-state index < -0.39 is 5.97 Å².